The van der Waals surface area contributed by atoms with E-state index in [9.17, 15) is 4.39 Å². The number of aliphatic imine (C=N–C) groups is 1. The van der Waals surface area contributed by atoms with Crippen LogP contribution in [0.25, 0.3) is 0 Å². The molecule has 0 aliphatic carbocycles. The van der Waals surface area contributed by atoms with Crippen molar-refractivity contribution < 1.29 is 9.13 Å². The fraction of sp³-hybridized carbons (Fsp3) is 0.455. The Kier molecular flexibility index (Phi) is 10.3. The molecule has 0 radical (unpaired) electrons. The Hall–Kier alpha value is -1.45. The molecule has 3 rings (SSSR count). The number of guanidine groups is 1. The zero-order valence-electron chi connectivity index (χ0n) is 17.2. The highest BCUT2D eigenvalue weighted by molar-refractivity contribution is 14.0. The highest BCUT2D eigenvalue weighted by Gasteiger charge is 2.34. The van der Waals surface area contributed by atoms with Gasteiger partial charge in [0.25, 0.3) is 0 Å². The molecule has 0 unspecified atom stereocenters. The largest absolute Gasteiger partial charge is 0.381 e. The van der Waals surface area contributed by atoms with Gasteiger partial charge in [-0.1, -0.05) is 29.8 Å². The summed E-state index contributed by atoms with van der Waals surface area (Å²) < 4.78 is 19.4. The Morgan fingerprint density at radius 2 is 2.03 bits per heavy atom. The molecule has 1 aliphatic rings. The zero-order valence-corrected chi connectivity index (χ0v) is 20.3. The minimum atomic E-state index is -0.209. The number of nitrogens with zero attached hydrogens (tertiary/aromatic N) is 2. The van der Waals surface area contributed by atoms with E-state index in [4.69, 9.17) is 21.3 Å². The van der Waals surface area contributed by atoms with E-state index < -0.39 is 0 Å². The lowest BCUT2D eigenvalue weighted by molar-refractivity contribution is 0.0530. The minimum Gasteiger partial charge on any atom is -0.381 e. The lowest BCUT2D eigenvalue weighted by Gasteiger charge is -2.36. The van der Waals surface area contributed by atoms with Gasteiger partial charge in [-0.05, 0) is 55.5 Å². The maximum absolute atomic E-state index is 13.9. The molecule has 2 heterocycles. The first kappa shape index (κ1) is 24.8. The second-order valence-electron chi connectivity index (χ2n) is 7.26. The molecule has 2 N–H and O–H groups in total. The number of benzene rings is 1. The van der Waals surface area contributed by atoms with Crippen LogP contribution in [0.1, 0.15) is 30.9 Å². The SMILES string of the molecule is CCNC(=NCC1(c2cccc(F)c2)CCOCC1)NCCc1ccc(Cl)nc1.I. The summed E-state index contributed by atoms with van der Waals surface area (Å²) in [7, 11) is 0. The number of hydrogen-bond acceptors (Lipinski definition) is 3. The molecular formula is C22H29ClFIN4O. The van der Waals surface area contributed by atoms with Crippen molar-refractivity contribution in [1.29, 1.82) is 0 Å². The maximum atomic E-state index is 13.9. The number of hydrogen-bond donors (Lipinski definition) is 2. The molecule has 1 saturated heterocycles. The Bertz CT molecular complexity index is 813. The molecule has 1 aliphatic heterocycles. The highest BCUT2D eigenvalue weighted by atomic mass is 127. The number of nitrogens with one attached hydrogen (secondary N) is 2. The van der Waals surface area contributed by atoms with Gasteiger partial charge in [0.2, 0.25) is 0 Å². The van der Waals surface area contributed by atoms with Crippen molar-refractivity contribution in [3.63, 3.8) is 0 Å². The van der Waals surface area contributed by atoms with Crippen molar-refractivity contribution in [3.8, 4) is 0 Å². The highest BCUT2D eigenvalue weighted by Crippen LogP contribution is 2.35. The molecule has 5 nitrogen and oxygen atoms in total. The first-order chi connectivity index (χ1) is 14.1. The average Bonchev–Trinajstić information content (AvgIpc) is 2.74. The summed E-state index contributed by atoms with van der Waals surface area (Å²) in [5.41, 5.74) is 1.90. The van der Waals surface area contributed by atoms with Crippen molar-refractivity contribution in [2.45, 2.75) is 31.6 Å². The molecule has 1 fully saturated rings. The predicted molar refractivity (Wildman–Crippen MR) is 130 cm³/mol. The first-order valence-electron chi connectivity index (χ1n) is 10.1. The number of ether oxygens (including phenoxy) is 1. The van der Waals surface area contributed by atoms with Gasteiger partial charge in [0.15, 0.2) is 5.96 Å². The Morgan fingerprint density at radius 1 is 1.23 bits per heavy atom. The van der Waals surface area contributed by atoms with Crippen LogP contribution in [-0.2, 0) is 16.6 Å². The van der Waals surface area contributed by atoms with Crippen LogP contribution in [0.3, 0.4) is 0 Å². The maximum Gasteiger partial charge on any atom is 0.191 e. The van der Waals surface area contributed by atoms with Gasteiger partial charge >= 0.3 is 0 Å². The van der Waals surface area contributed by atoms with Gasteiger partial charge in [-0.3, -0.25) is 4.99 Å². The molecule has 0 spiro atoms. The fourth-order valence-electron chi connectivity index (χ4n) is 3.57. The van der Waals surface area contributed by atoms with Crippen LogP contribution in [0.5, 0.6) is 0 Å². The molecule has 164 valence electrons. The van der Waals surface area contributed by atoms with Crippen LogP contribution in [0, 0.1) is 5.82 Å². The molecule has 8 heteroatoms. The topological polar surface area (TPSA) is 58.5 Å². The molecule has 2 aromatic rings. The molecule has 1 aromatic heterocycles. The quantitative estimate of drug-likeness (QED) is 0.235. The lowest BCUT2D eigenvalue weighted by Crippen LogP contribution is -2.41. The number of halogens is 3. The molecule has 0 bridgehead atoms. The fourth-order valence-corrected chi connectivity index (χ4v) is 3.68. The number of pyridine rings is 1. The third-order valence-corrected chi connectivity index (χ3v) is 5.49. The number of rotatable bonds is 7. The Labute approximate surface area is 199 Å². The van der Waals surface area contributed by atoms with E-state index >= 15 is 0 Å². The zero-order chi connectivity index (χ0) is 20.5. The van der Waals surface area contributed by atoms with Crippen molar-refractivity contribution in [2.24, 2.45) is 4.99 Å². The summed E-state index contributed by atoms with van der Waals surface area (Å²) >= 11 is 5.84. The Balaban J connectivity index is 0.00000320. The van der Waals surface area contributed by atoms with E-state index in [1.807, 2.05) is 19.1 Å². The van der Waals surface area contributed by atoms with Crippen molar-refractivity contribution in [1.82, 2.24) is 15.6 Å². The Morgan fingerprint density at radius 3 is 2.70 bits per heavy atom. The molecular weight excluding hydrogens is 518 g/mol. The summed E-state index contributed by atoms with van der Waals surface area (Å²) in [6, 6.07) is 10.7. The third kappa shape index (κ3) is 7.06. The van der Waals surface area contributed by atoms with Gasteiger partial charge in [0.05, 0.1) is 6.54 Å². The standard InChI is InChI=1S/C22H28ClFN4O.HI/c1-2-25-21(26-11-8-17-6-7-20(23)27-15-17)28-16-22(9-12-29-13-10-22)18-4-3-5-19(24)14-18;/h3-7,14-15H,2,8-13,16H2,1H3,(H2,25,26,28);1H. The van der Waals surface area contributed by atoms with E-state index in [0.717, 1.165) is 49.4 Å². The average molecular weight is 547 g/mol. The van der Waals surface area contributed by atoms with Crippen LogP contribution >= 0.6 is 35.6 Å². The monoisotopic (exact) mass is 546 g/mol. The van der Waals surface area contributed by atoms with Gasteiger partial charge in [0, 0.05) is 37.9 Å². The molecule has 30 heavy (non-hydrogen) atoms. The van der Waals surface area contributed by atoms with Gasteiger partial charge in [0.1, 0.15) is 11.0 Å². The van der Waals surface area contributed by atoms with Crippen molar-refractivity contribution in [2.75, 3.05) is 32.8 Å². The predicted octanol–water partition coefficient (Wildman–Crippen LogP) is 4.34. The van der Waals surface area contributed by atoms with Gasteiger partial charge in [-0.15, -0.1) is 24.0 Å². The normalized spacial score (nSPS) is 15.9. The molecule has 0 saturated carbocycles. The third-order valence-electron chi connectivity index (χ3n) is 5.27. The molecule has 1 aromatic carbocycles. The summed E-state index contributed by atoms with van der Waals surface area (Å²) in [5.74, 6) is 0.552. The molecule has 0 amide bonds. The van der Waals surface area contributed by atoms with E-state index in [1.54, 1.807) is 24.4 Å². The second-order valence-corrected chi connectivity index (χ2v) is 7.65. The summed E-state index contributed by atoms with van der Waals surface area (Å²) in [4.78, 5) is 8.95. The first-order valence-corrected chi connectivity index (χ1v) is 10.5. The molecule has 0 atom stereocenters. The van der Waals surface area contributed by atoms with E-state index in [1.165, 1.54) is 6.07 Å². The lowest BCUT2D eigenvalue weighted by atomic mass is 9.74. The van der Waals surface area contributed by atoms with Crippen LogP contribution in [0.4, 0.5) is 4.39 Å². The van der Waals surface area contributed by atoms with E-state index in [0.29, 0.717) is 24.9 Å². The van der Waals surface area contributed by atoms with Gasteiger partial charge in [-0.25, -0.2) is 9.37 Å². The van der Waals surface area contributed by atoms with Crippen LogP contribution in [0.2, 0.25) is 5.15 Å². The van der Waals surface area contributed by atoms with Crippen LogP contribution < -0.4 is 10.6 Å². The van der Waals surface area contributed by atoms with E-state index in [-0.39, 0.29) is 35.2 Å². The summed E-state index contributed by atoms with van der Waals surface area (Å²) in [5, 5.41) is 7.17. The number of aromatic nitrogens is 1. The summed E-state index contributed by atoms with van der Waals surface area (Å²) in [6.45, 7) is 5.45. The van der Waals surface area contributed by atoms with Crippen molar-refractivity contribution >= 4 is 41.5 Å². The van der Waals surface area contributed by atoms with Crippen LogP contribution in [-0.4, -0.2) is 43.8 Å². The van der Waals surface area contributed by atoms with E-state index in [2.05, 4.69) is 15.6 Å². The minimum absolute atomic E-state index is 0. The smallest absolute Gasteiger partial charge is 0.191 e. The van der Waals surface area contributed by atoms with Crippen molar-refractivity contribution in [3.05, 3.63) is 64.7 Å². The van der Waals surface area contributed by atoms with Crippen LogP contribution in [0.15, 0.2) is 47.6 Å². The van der Waals surface area contributed by atoms with Gasteiger partial charge in [-0.2, -0.15) is 0 Å². The summed E-state index contributed by atoms with van der Waals surface area (Å²) in [6.07, 6.45) is 4.26. The van der Waals surface area contributed by atoms with Gasteiger partial charge < -0.3 is 15.4 Å². The second kappa shape index (κ2) is 12.4.